The maximum absolute atomic E-state index is 13.5. The predicted octanol–water partition coefficient (Wildman–Crippen LogP) is 18.4. The number of esters is 1. The van der Waals surface area contributed by atoms with E-state index in [1.165, 1.54) is 148 Å². The molecular formula is C64H119N2O7P. The van der Waals surface area contributed by atoms with E-state index < -0.39 is 26.6 Å². The molecule has 1 N–H and O–H groups in total. The Hall–Kier alpha value is -2.29. The highest BCUT2D eigenvalue weighted by molar-refractivity contribution is 7.45. The Labute approximate surface area is 458 Å². The number of carbonyl (C=O) groups is 2. The van der Waals surface area contributed by atoms with E-state index in [-0.39, 0.29) is 24.9 Å². The number of hydrogen-bond donors (Lipinski definition) is 1. The van der Waals surface area contributed by atoms with Crippen LogP contribution in [0.4, 0.5) is 0 Å². The maximum Gasteiger partial charge on any atom is 0.306 e. The molecule has 0 fully saturated rings. The SMILES string of the molecule is CCCCC/C=C\C/C=C\C/C=C\CCCCCCCCCCC(=O)OC(/C=C/CCCCCCCCCCC)C(COP(=O)([O-])OCC[N+](C)(C)C)NC(=O)CCCCCCC/C=C/CCCCCCCCC. The molecule has 0 aromatic rings. The minimum atomic E-state index is -4.70. The van der Waals surface area contributed by atoms with Crippen LogP contribution in [-0.2, 0) is 27.9 Å². The molecule has 432 valence electrons. The molecule has 0 aliphatic heterocycles. The molecule has 74 heavy (non-hydrogen) atoms. The third-order valence-corrected chi connectivity index (χ3v) is 14.6. The second-order valence-electron chi connectivity index (χ2n) is 22.2. The van der Waals surface area contributed by atoms with Crippen LogP contribution in [0.25, 0.3) is 0 Å². The molecule has 0 saturated carbocycles. The molecule has 0 aliphatic rings. The maximum atomic E-state index is 13.5. The van der Waals surface area contributed by atoms with Crippen molar-refractivity contribution in [3.05, 3.63) is 60.8 Å². The van der Waals surface area contributed by atoms with Crippen LogP contribution in [0, 0.1) is 0 Å². The first kappa shape index (κ1) is 71.7. The highest BCUT2D eigenvalue weighted by Gasteiger charge is 2.27. The molecular weight excluding hydrogens is 940 g/mol. The summed E-state index contributed by atoms with van der Waals surface area (Å²) >= 11 is 0. The van der Waals surface area contributed by atoms with Crippen LogP contribution in [0.3, 0.4) is 0 Å². The molecule has 10 heteroatoms. The van der Waals surface area contributed by atoms with Crippen molar-refractivity contribution in [1.82, 2.24) is 5.32 Å². The molecule has 0 radical (unpaired) electrons. The van der Waals surface area contributed by atoms with E-state index in [9.17, 15) is 19.0 Å². The summed E-state index contributed by atoms with van der Waals surface area (Å²) in [5.74, 6) is -0.555. The Morgan fingerprint density at radius 2 is 0.824 bits per heavy atom. The zero-order valence-electron chi connectivity index (χ0n) is 49.3. The molecule has 9 nitrogen and oxygen atoms in total. The lowest BCUT2D eigenvalue weighted by atomic mass is 10.1. The number of phosphoric ester groups is 1. The highest BCUT2D eigenvalue weighted by Crippen LogP contribution is 2.38. The second kappa shape index (κ2) is 54.1. The van der Waals surface area contributed by atoms with Crippen LogP contribution in [0.2, 0.25) is 0 Å². The lowest BCUT2D eigenvalue weighted by molar-refractivity contribution is -0.870. The Balaban J connectivity index is 5.23. The van der Waals surface area contributed by atoms with Crippen LogP contribution >= 0.6 is 7.82 Å². The van der Waals surface area contributed by atoms with E-state index in [1.807, 2.05) is 33.3 Å². The zero-order chi connectivity index (χ0) is 54.3. The summed E-state index contributed by atoms with van der Waals surface area (Å²) in [6.07, 6.45) is 67.5. The fourth-order valence-electron chi connectivity index (χ4n) is 8.82. The van der Waals surface area contributed by atoms with Crippen molar-refractivity contribution in [2.45, 2.75) is 296 Å². The molecule has 0 rings (SSSR count). The third kappa shape index (κ3) is 54.5. The van der Waals surface area contributed by atoms with Gasteiger partial charge in [-0.25, -0.2) is 0 Å². The summed E-state index contributed by atoms with van der Waals surface area (Å²) in [6.45, 7) is 6.81. The third-order valence-electron chi connectivity index (χ3n) is 13.7. The van der Waals surface area contributed by atoms with Crippen molar-refractivity contribution >= 4 is 19.7 Å². The number of allylic oxidation sites excluding steroid dienone is 9. The van der Waals surface area contributed by atoms with Gasteiger partial charge in [0.1, 0.15) is 19.3 Å². The molecule has 3 atom stereocenters. The summed E-state index contributed by atoms with van der Waals surface area (Å²) in [6, 6.07) is -0.896. The van der Waals surface area contributed by atoms with E-state index >= 15 is 0 Å². The average Bonchev–Trinajstić information content (AvgIpc) is 3.36. The van der Waals surface area contributed by atoms with Gasteiger partial charge in [-0.2, -0.15) is 0 Å². The largest absolute Gasteiger partial charge is 0.756 e. The smallest absolute Gasteiger partial charge is 0.306 e. The molecule has 0 aliphatic carbocycles. The van der Waals surface area contributed by atoms with Gasteiger partial charge >= 0.3 is 5.97 Å². The van der Waals surface area contributed by atoms with Crippen molar-refractivity contribution < 1.29 is 37.3 Å². The van der Waals surface area contributed by atoms with Crippen LogP contribution in [0.5, 0.6) is 0 Å². The molecule has 1 amide bonds. The van der Waals surface area contributed by atoms with Crippen molar-refractivity contribution in [1.29, 1.82) is 0 Å². The van der Waals surface area contributed by atoms with Gasteiger partial charge in [-0.1, -0.05) is 236 Å². The van der Waals surface area contributed by atoms with Gasteiger partial charge in [-0.05, 0) is 96.0 Å². The normalized spacial score (nSPS) is 14.1. The molecule has 0 spiro atoms. The van der Waals surface area contributed by atoms with Crippen molar-refractivity contribution in [2.75, 3.05) is 40.9 Å². The van der Waals surface area contributed by atoms with Crippen LogP contribution in [-0.4, -0.2) is 69.4 Å². The predicted molar refractivity (Wildman–Crippen MR) is 316 cm³/mol. The first-order valence-corrected chi connectivity index (χ1v) is 32.6. The number of quaternary nitrogens is 1. The van der Waals surface area contributed by atoms with Gasteiger partial charge in [0.05, 0.1) is 33.8 Å². The zero-order valence-corrected chi connectivity index (χ0v) is 50.2. The molecule has 3 unspecified atom stereocenters. The monoisotopic (exact) mass is 1060 g/mol. The Morgan fingerprint density at radius 1 is 0.473 bits per heavy atom. The standard InChI is InChI=1S/C64H119N2O7P/c1-7-10-13-16-19-22-25-27-29-31-32-33-34-35-37-39-42-45-48-51-54-57-64(68)73-62(55-52-49-46-43-40-24-21-18-15-12-9-3)61(60-72-74(69,70)71-59-58-66(4,5)6)65-63(67)56-53-50-47-44-41-38-36-30-28-26-23-20-17-14-11-8-2/h19,22,27,29-30,32-33,36,52,55,61-62H,7-18,20-21,23-26,28,31,34-35,37-51,53-54,56-60H2,1-6H3,(H-,65,67,69,70)/b22-19-,29-27-,33-32-,36-30+,55-52+. The van der Waals surface area contributed by atoms with Crippen LogP contribution in [0.1, 0.15) is 284 Å². The van der Waals surface area contributed by atoms with Crippen molar-refractivity contribution in [3.8, 4) is 0 Å². The number of likely N-dealkylation sites (N-methyl/N-ethyl adjacent to an activating group) is 1. The van der Waals surface area contributed by atoms with E-state index in [0.29, 0.717) is 17.4 Å². The van der Waals surface area contributed by atoms with Crippen molar-refractivity contribution in [2.24, 2.45) is 0 Å². The Morgan fingerprint density at radius 3 is 1.27 bits per heavy atom. The van der Waals surface area contributed by atoms with Crippen LogP contribution in [0.15, 0.2) is 60.8 Å². The van der Waals surface area contributed by atoms with Gasteiger partial charge in [0.25, 0.3) is 7.82 Å². The lowest BCUT2D eigenvalue weighted by Gasteiger charge is -2.30. The van der Waals surface area contributed by atoms with E-state index in [0.717, 1.165) is 103 Å². The van der Waals surface area contributed by atoms with Gasteiger partial charge in [0.15, 0.2) is 0 Å². The lowest BCUT2D eigenvalue weighted by Crippen LogP contribution is -2.47. The van der Waals surface area contributed by atoms with Gasteiger partial charge in [-0.15, -0.1) is 0 Å². The first-order valence-electron chi connectivity index (χ1n) is 31.1. The highest BCUT2D eigenvalue weighted by atomic mass is 31.2. The van der Waals surface area contributed by atoms with Crippen LogP contribution < -0.4 is 10.2 Å². The number of phosphoric acid groups is 1. The van der Waals surface area contributed by atoms with Gasteiger partial charge < -0.3 is 28.5 Å². The fraction of sp³-hybridized carbons (Fsp3) is 0.812. The molecule has 0 aromatic carbocycles. The van der Waals surface area contributed by atoms with Gasteiger partial charge in [0.2, 0.25) is 5.91 Å². The molecule has 0 aromatic heterocycles. The van der Waals surface area contributed by atoms with E-state index in [2.05, 4.69) is 74.7 Å². The topological polar surface area (TPSA) is 114 Å². The molecule has 0 heterocycles. The van der Waals surface area contributed by atoms with Gasteiger partial charge in [-0.3, -0.25) is 14.2 Å². The second-order valence-corrected chi connectivity index (χ2v) is 23.6. The first-order chi connectivity index (χ1) is 35.9. The Bertz CT molecular complexity index is 1450. The number of nitrogens with one attached hydrogen (secondary N) is 1. The number of carbonyl (C=O) groups excluding carboxylic acids is 2. The van der Waals surface area contributed by atoms with Crippen molar-refractivity contribution in [3.63, 3.8) is 0 Å². The summed E-state index contributed by atoms with van der Waals surface area (Å²) in [5, 5.41) is 3.02. The quantitative estimate of drug-likeness (QED) is 0.0212. The fourth-order valence-corrected chi connectivity index (χ4v) is 9.54. The van der Waals surface area contributed by atoms with E-state index in [1.54, 1.807) is 0 Å². The minimum Gasteiger partial charge on any atom is -0.756 e. The number of rotatable bonds is 56. The average molecular weight is 1060 g/mol. The number of unbranched alkanes of at least 4 members (excludes halogenated alkanes) is 32. The number of nitrogens with zero attached hydrogens (tertiary/aromatic N) is 1. The number of hydrogen-bond acceptors (Lipinski definition) is 7. The molecule has 0 bridgehead atoms. The molecule has 0 saturated heterocycles. The Kier molecular flexibility index (Phi) is 52.4. The number of ether oxygens (including phenoxy) is 1. The van der Waals surface area contributed by atoms with E-state index in [4.69, 9.17) is 13.8 Å². The summed E-state index contributed by atoms with van der Waals surface area (Å²) in [4.78, 5) is 39.9. The summed E-state index contributed by atoms with van der Waals surface area (Å²) < 4.78 is 30.3. The summed E-state index contributed by atoms with van der Waals surface area (Å²) in [5.41, 5.74) is 0. The van der Waals surface area contributed by atoms with Gasteiger partial charge in [0, 0.05) is 12.8 Å². The minimum absolute atomic E-state index is 0.0260. The number of amides is 1. The summed E-state index contributed by atoms with van der Waals surface area (Å²) in [7, 11) is 1.18.